The van der Waals surface area contributed by atoms with Gasteiger partial charge in [-0.3, -0.25) is 4.79 Å². The molecular formula is C17H18N2O2. The zero-order valence-corrected chi connectivity index (χ0v) is 11.9. The molecule has 2 aromatic carbocycles. The van der Waals surface area contributed by atoms with Crippen LogP contribution >= 0.6 is 0 Å². The lowest BCUT2D eigenvalue weighted by Crippen LogP contribution is -2.32. The Morgan fingerprint density at radius 2 is 1.95 bits per heavy atom. The lowest BCUT2D eigenvalue weighted by Gasteiger charge is -2.18. The first-order chi connectivity index (χ1) is 10.2. The van der Waals surface area contributed by atoms with Gasteiger partial charge < -0.3 is 15.8 Å². The number of hydrogen-bond acceptors (Lipinski definition) is 3. The van der Waals surface area contributed by atoms with Gasteiger partial charge in [0.15, 0.2) is 0 Å². The first-order valence-corrected chi connectivity index (χ1v) is 7.03. The van der Waals surface area contributed by atoms with Gasteiger partial charge in [0.25, 0.3) is 0 Å². The molecule has 0 fully saturated rings. The fourth-order valence-corrected chi connectivity index (χ4v) is 2.68. The van der Waals surface area contributed by atoms with Crippen LogP contribution in [0.4, 0.5) is 5.69 Å². The summed E-state index contributed by atoms with van der Waals surface area (Å²) in [5.41, 5.74) is 8.52. The van der Waals surface area contributed by atoms with Crippen molar-refractivity contribution >= 4 is 11.6 Å². The van der Waals surface area contributed by atoms with Crippen LogP contribution in [-0.4, -0.2) is 12.5 Å². The first-order valence-electron chi connectivity index (χ1n) is 7.03. The van der Waals surface area contributed by atoms with Crippen molar-refractivity contribution < 1.29 is 9.53 Å². The monoisotopic (exact) mass is 282 g/mol. The summed E-state index contributed by atoms with van der Waals surface area (Å²) in [4.78, 5) is 12.5. The number of nitrogens with two attached hydrogens (primary N) is 1. The van der Waals surface area contributed by atoms with E-state index >= 15 is 0 Å². The molecular weight excluding hydrogens is 264 g/mol. The highest BCUT2D eigenvalue weighted by Gasteiger charge is 2.30. The van der Waals surface area contributed by atoms with Crippen LogP contribution < -0.4 is 15.8 Å². The highest BCUT2D eigenvalue weighted by Crippen LogP contribution is 2.34. The van der Waals surface area contributed by atoms with Gasteiger partial charge in [-0.15, -0.1) is 0 Å². The van der Waals surface area contributed by atoms with E-state index in [4.69, 9.17) is 10.5 Å². The molecule has 1 amide bonds. The minimum Gasteiger partial charge on any atom is -0.492 e. The van der Waals surface area contributed by atoms with Crippen LogP contribution in [0.2, 0.25) is 0 Å². The van der Waals surface area contributed by atoms with Gasteiger partial charge in [0.2, 0.25) is 5.91 Å². The summed E-state index contributed by atoms with van der Waals surface area (Å²) in [6, 6.07) is 15.1. The first kappa shape index (κ1) is 13.5. The van der Waals surface area contributed by atoms with Gasteiger partial charge in [-0.25, -0.2) is 0 Å². The summed E-state index contributed by atoms with van der Waals surface area (Å²) in [6.45, 7) is 2.33. The minimum absolute atomic E-state index is 0.0318. The van der Waals surface area contributed by atoms with Gasteiger partial charge in [-0.05, 0) is 24.6 Å². The van der Waals surface area contributed by atoms with E-state index in [1.54, 1.807) is 0 Å². The van der Waals surface area contributed by atoms with Crippen LogP contribution in [0.1, 0.15) is 30.0 Å². The van der Waals surface area contributed by atoms with E-state index in [0.717, 1.165) is 16.9 Å². The Bertz CT molecular complexity index is 669. The van der Waals surface area contributed by atoms with Crippen LogP contribution in [0.15, 0.2) is 48.5 Å². The van der Waals surface area contributed by atoms with Gasteiger partial charge in [0.1, 0.15) is 18.3 Å². The number of anilines is 1. The van der Waals surface area contributed by atoms with Crippen LogP contribution in [0.3, 0.4) is 0 Å². The van der Waals surface area contributed by atoms with E-state index in [1.807, 2.05) is 55.5 Å². The average molecular weight is 282 g/mol. The summed E-state index contributed by atoms with van der Waals surface area (Å²) in [6.07, 6.45) is 0. The Kier molecular flexibility index (Phi) is 3.52. The highest BCUT2D eigenvalue weighted by molar-refractivity contribution is 5.86. The fraction of sp³-hybridized carbons (Fsp3) is 0.235. The van der Waals surface area contributed by atoms with E-state index in [-0.39, 0.29) is 17.9 Å². The third kappa shape index (κ3) is 2.57. The molecule has 0 spiro atoms. The smallest absolute Gasteiger partial charge is 0.231 e. The number of nitrogens with one attached hydrogen (secondary N) is 1. The number of para-hydroxylation sites is 2. The second kappa shape index (κ2) is 5.48. The zero-order chi connectivity index (χ0) is 14.8. The number of carbonyl (C=O) groups is 1. The predicted molar refractivity (Wildman–Crippen MR) is 82.1 cm³/mol. The maximum Gasteiger partial charge on any atom is 0.231 e. The van der Waals surface area contributed by atoms with Crippen molar-refractivity contribution in [2.45, 2.75) is 18.9 Å². The summed E-state index contributed by atoms with van der Waals surface area (Å²) in [7, 11) is 0. The largest absolute Gasteiger partial charge is 0.492 e. The van der Waals surface area contributed by atoms with Crippen LogP contribution in [0, 0.1) is 0 Å². The van der Waals surface area contributed by atoms with Gasteiger partial charge in [0.05, 0.1) is 6.04 Å². The molecule has 0 saturated heterocycles. The average Bonchev–Trinajstić information content (AvgIpc) is 2.91. The van der Waals surface area contributed by atoms with Crippen molar-refractivity contribution in [2.24, 2.45) is 0 Å². The molecule has 1 heterocycles. The molecule has 0 aliphatic carbocycles. The molecule has 0 bridgehead atoms. The van der Waals surface area contributed by atoms with Gasteiger partial charge >= 0.3 is 0 Å². The van der Waals surface area contributed by atoms with Crippen LogP contribution in [-0.2, 0) is 4.79 Å². The van der Waals surface area contributed by atoms with Gasteiger partial charge in [-0.2, -0.15) is 0 Å². The van der Waals surface area contributed by atoms with Crippen LogP contribution in [0.5, 0.6) is 5.75 Å². The number of fused-ring (bicyclic) bond motifs is 1. The zero-order valence-electron chi connectivity index (χ0n) is 11.9. The molecule has 108 valence electrons. The lowest BCUT2D eigenvalue weighted by molar-refractivity contribution is -0.123. The Morgan fingerprint density at radius 1 is 1.24 bits per heavy atom. The Hall–Kier alpha value is -2.49. The number of carbonyl (C=O) groups excluding carboxylic acids is 1. The molecule has 1 aliphatic rings. The quantitative estimate of drug-likeness (QED) is 0.851. The number of hydrogen-bond donors (Lipinski definition) is 2. The van der Waals surface area contributed by atoms with Crippen molar-refractivity contribution in [1.29, 1.82) is 0 Å². The van der Waals surface area contributed by atoms with Gasteiger partial charge in [-0.1, -0.05) is 36.4 Å². The van der Waals surface area contributed by atoms with E-state index in [0.29, 0.717) is 12.3 Å². The van der Waals surface area contributed by atoms with Crippen LogP contribution in [0.25, 0.3) is 0 Å². The maximum atomic E-state index is 12.5. The molecule has 4 heteroatoms. The topological polar surface area (TPSA) is 64.3 Å². The summed E-state index contributed by atoms with van der Waals surface area (Å²) in [5, 5.41) is 3.02. The van der Waals surface area contributed by atoms with E-state index < -0.39 is 0 Å². The molecule has 3 rings (SSSR count). The number of amides is 1. The number of benzene rings is 2. The second-order valence-corrected chi connectivity index (χ2v) is 5.26. The van der Waals surface area contributed by atoms with Crippen molar-refractivity contribution in [1.82, 2.24) is 5.32 Å². The normalized spacial score (nSPS) is 17.7. The van der Waals surface area contributed by atoms with Crippen molar-refractivity contribution in [3.05, 3.63) is 59.7 Å². The Morgan fingerprint density at radius 3 is 2.76 bits per heavy atom. The third-order valence-corrected chi connectivity index (χ3v) is 3.84. The minimum atomic E-state index is -0.256. The number of rotatable bonds is 3. The van der Waals surface area contributed by atoms with Crippen molar-refractivity contribution in [2.75, 3.05) is 12.3 Å². The predicted octanol–water partition coefficient (Wildman–Crippen LogP) is 2.62. The molecule has 2 atom stereocenters. The molecule has 4 nitrogen and oxygen atoms in total. The Labute approximate surface area is 123 Å². The molecule has 3 N–H and O–H groups in total. The Balaban J connectivity index is 1.75. The molecule has 21 heavy (non-hydrogen) atoms. The molecule has 0 aromatic heterocycles. The van der Waals surface area contributed by atoms with Crippen molar-refractivity contribution in [3.8, 4) is 5.75 Å². The fourth-order valence-electron chi connectivity index (χ4n) is 2.68. The number of nitrogen functional groups attached to an aromatic ring is 1. The molecule has 2 unspecified atom stereocenters. The van der Waals surface area contributed by atoms with Crippen molar-refractivity contribution in [3.63, 3.8) is 0 Å². The summed E-state index contributed by atoms with van der Waals surface area (Å²) < 4.78 is 5.56. The molecule has 1 aliphatic heterocycles. The maximum absolute atomic E-state index is 12.5. The highest BCUT2D eigenvalue weighted by atomic mass is 16.5. The number of ether oxygens (including phenoxy) is 1. The summed E-state index contributed by atoms with van der Waals surface area (Å²) >= 11 is 0. The van der Waals surface area contributed by atoms with E-state index in [9.17, 15) is 4.79 Å². The SMILES string of the molecule is CC(NC(=O)C1COc2ccccc21)c1ccccc1N. The summed E-state index contributed by atoms with van der Waals surface area (Å²) in [5.74, 6) is 0.508. The van der Waals surface area contributed by atoms with E-state index in [1.165, 1.54) is 0 Å². The second-order valence-electron chi connectivity index (χ2n) is 5.26. The molecule has 0 radical (unpaired) electrons. The van der Waals surface area contributed by atoms with Gasteiger partial charge in [0, 0.05) is 11.3 Å². The molecule has 2 aromatic rings. The lowest BCUT2D eigenvalue weighted by atomic mass is 9.99. The standard InChI is InChI=1S/C17H18N2O2/c1-11(12-6-2-4-8-15(12)18)19-17(20)14-10-21-16-9-5-3-7-13(14)16/h2-9,11,14H,10,18H2,1H3,(H,19,20). The third-order valence-electron chi connectivity index (χ3n) is 3.84. The molecule has 0 saturated carbocycles. The van der Waals surface area contributed by atoms with E-state index in [2.05, 4.69) is 5.32 Å².